The fourth-order valence-electron chi connectivity index (χ4n) is 2.62. The second-order valence-electron chi connectivity index (χ2n) is 6.03. The van der Waals surface area contributed by atoms with Gasteiger partial charge in [-0.2, -0.15) is 0 Å². The van der Waals surface area contributed by atoms with Gasteiger partial charge in [0.1, 0.15) is 4.75 Å². The third-order valence-electron chi connectivity index (χ3n) is 4.27. The highest BCUT2D eigenvalue weighted by atomic mass is 32.2. The minimum absolute atomic E-state index is 0.172. The van der Waals surface area contributed by atoms with Crippen molar-refractivity contribution in [3.8, 4) is 0 Å². The second kappa shape index (κ2) is 5.42. The van der Waals surface area contributed by atoms with Crippen molar-refractivity contribution < 1.29 is 13.2 Å². The van der Waals surface area contributed by atoms with E-state index < -0.39 is 14.6 Å². The van der Waals surface area contributed by atoms with Crippen LogP contribution in [-0.2, 0) is 14.6 Å². The third-order valence-corrected chi connectivity index (χ3v) is 6.30. The summed E-state index contributed by atoms with van der Waals surface area (Å²) in [6.07, 6.45) is 1.88. The number of rotatable bonds is 4. The minimum Gasteiger partial charge on any atom is -0.330 e. The van der Waals surface area contributed by atoms with E-state index >= 15 is 0 Å². The van der Waals surface area contributed by atoms with Gasteiger partial charge in [-0.25, -0.2) is 8.42 Å². The number of hydrogen-bond acceptors (Lipinski definition) is 4. The van der Waals surface area contributed by atoms with Gasteiger partial charge >= 0.3 is 0 Å². The number of benzene rings is 1. The van der Waals surface area contributed by atoms with Crippen molar-refractivity contribution in [1.29, 1.82) is 0 Å². The van der Waals surface area contributed by atoms with Crippen LogP contribution in [0.1, 0.15) is 31.7 Å². The maximum Gasteiger partial charge on any atom is 0.247 e. The van der Waals surface area contributed by atoms with E-state index in [9.17, 15) is 13.2 Å². The zero-order chi connectivity index (χ0) is 15.8. The normalized spacial score (nSPS) is 18.7. The number of carbonyl (C=O) groups is 1. The first kappa shape index (κ1) is 16.0. The molecule has 2 N–H and O–H groups in total. The van der Waals surface area contributed by atoms with Crippen LogP contribution in [0.2, 0.25) is 0 Å². The lowest BCUT2D eigenvalue weighted by Gasteiger charge is -2.28. The Balaban J connectivity index is 2.41. The van der Waals surface area contributed by atoms with Crippen LogP contribution >= 0.6 is 0 Å². The Morgan fingerprint density at radius 2 is 2.00 bits per heavy atom. The van der Waals surface area contributed by atoms with Crippen LogP contribution in [0.25, 0.3) is 0 Å². The predicted molar refractivity (Wildman–Crippen MR) is 84.1 cm³/mol. The van der Waals surface area contributed by atoms with Gasteiger partial charge in [-0.3, -0.25) is 4.79 Å². The van der Waals surface area contributed by atoms with E-state index in [2.05, 4.69) is 0 Å². The summed E-state index contributed by atoms with van der Waals surface area (Å²) < 4.78 is 22.4. The third kappa shape index (κ3) is 2.70. The highest BCUT2D eigenvalue weighted by molar-refractivity contribution is 7.92. The highest BCUT2D eigenvalue weighted by Crippen LogP contribution is 2.39. The smallest absolute Gasteiger partial charge is 0.247 e. The molecule has 0 radical (unpaired) electrons. The van der Waals surface area contributed by atoms with Crippen molar-refractivity contribution >= 4 is 21.4 Å². The summed E-state index contributed by atoms with van der Waals surface area (Å²) in [6, 6.07) is 7.63. The first-order valence-corrected chi connectivity index (χ1v) is 8.90. The van der Waals surface area contributed by atoms with Gasteiger partial charge in [-0.15, -0.1) is 0 Å². The van der Waals surface area contributed by atoms with E-state index in [-0.39, 0.29) is 11.8 Å². The molecule has 0 aliphatic carbocycles. The molecule has 1 heterocycles. The number of amides is 1. The molecule has 1 aromatic carbocycles. The lowest BCUT2D eigenvalue weighted by Crippen LogP contribution is -2.49. The lowest BCUT2D eigenvalue weighted by molar-refractivity contribution is -0.120. The van der Waals surface area contributed by atoms with Crippen molar-refractivity contribution in [2.45, 2.75) is 30.9 Å². The number of nitrogens with zero attached hydrogens (tertiary/aromatic N) is 1. The molecule has 0 bridgehead atoms. The van der Waals surface area contributed by atoms with Crippen molar-refractivity contribution in [2.75, 3.05) is 24.2 Å². The van der Waals surface area contributed by atoms with Crippen LogP contribution in [-0.4, -0.2) is 38.4 Å². The van der Waals surface area contributed by atoms with E-state index in [0.717, 1.165) is 23.9 Å². The Bertz CT molecular complexity index is 653. The zero-order valence-corrected chi connectivity index (χ0v) is 13.5. The topological polar surface area (TPSA) is 80.5 Å². The SMILES string of the molecule is CC(C)(C(=O)N1CC(CCN)c2ccccc21)S(C)(=O)=O. The van der Waals surface area contributed by atoms with E-state index in [1.54, 1.807) is 4.90 Å². The average Bonchev–Trinajstić information content (AvgIpc) is 2.76. The van der Waals surface area contributed by atoms with Crippen molar-refractivity contribution in [3.05, 3.63) is 29.8 Å². The molecule has 0 aromatic heterocycles. The molecule has 1 unspecified atom stereocenters. The quantitative estimate of drug-likeness (QED) is 0.908. The maximum atomic E-state index is 12.7. The monoisotopic (exact) mass is 310 g/mol. The largest absolute Gasteiger partial charge is 0.330 e. The highest BCUT2D eigenvalue weighted by Gasteiger charge is 2.44. The second-order valence-corrected chi connectivity index (χ2v) is 8.60. The van der Waals surface area contributed by atoms with Crippen LogP contribution in [0, 0.1) is 0 Å². The number of anilines is 1. The van der Waals surface area contributed by atoms with Gasteiger partial charge in [0.2, 0.25) is 5.91 Å². The van der Waals surface area contributed by atoms with Crippen LogP contribution in [0.3, 0.4) is 0 Å². The van der Waals surface area contributed by atoms with Gasteiger partial charge in [0, 0.05) is 24.4 Å². The summed E-state index contributed by atoms with van der Waals surface area (Å²) in [5, 5.41) is 0. The molecule has 6 heteroatoms. The fraction of sp³-hybridized carbons (Fsp3) is 0.533. The van der Waals surface area contributed by atoms with E-state index in [0.29, 0.717) is 13.1 Å². The molecule has 1 aliphatic heterocycles. The van der Waals surface area contributed by atoms with Gasteiger partial charge in [0.05, 0.1) is 0 Å². The molecule has 0 spiro atoms. The minimum atomic E-state index is -3.49. The molecule has 2 rings (SSSR count). The first-order chi connectivity index (χ1) is 9.70. The molecular weight excluding hydrogens is 288 g/mol. The van der Waals surface area contributed by atoms with Gasteiger partial charge in [-0.1, -0.05) is 18.2 Å². The standard InChI is InChI=1S/C15H22N2O3S/c1-15(2,21(3,19)20)14(18)17-10-11(8-9-16)12-6-4-5-7-13(12)17/h4-7,11H,8-10,16H2,1-3H3. The molecule has 1 atom stereocenters. The zero-order valence-electron chi connectivity index (χ0n) is 12.7. The Morgan fingerprint density at radius 1 is 1.38 bits per heavy atom. The van der Waals surface area contributed by atoms with Gasteiger partial charge in [0.25, 0.3) is 0 Å². The predicted octanol–water partition coefficient (Wildman–Crippen LogP) is 1.29. The molecule has 116 valence electrons. The summed E-state index contributed by atoms with van der Waals surface area (Å²) >= 11 is 0. The van der Waals surface area contributed by atoms with Crippen LogP contribution < -0.4 is 10.6 Å². The van der Waals surface area contributed by atoms with Crippen LogP contribution in [0.4, 0.5) is 5.69 Å². The average molecular weight is 310 g/mol. The summed E-state index contributed by atoms with van der Waals surface area (Å²) in [5.41, 5.74) is 7.52. The van der Waals surface area contributed by atoms with Crippen molar-refractivity contribution in [3.63, 3.8) is 0 Å². The fourth-order valence-corrected chi connectivity index (χ4v) is 3.05. The Kier molecular flexibility index (Phi) is 4.13. The molecule has 1 aromatic rings. The number of para-hydroxylation sites is 1. The molecule has 1 amide bonds. The van der Waals surface area contributed by atoms with Crippen LogP contribution in [0.5, 0.6) is 0 Å². The number of nitrogens with two attached hydrogens (primary N) is 1. The molecule has 1 aliphatic rings. The number of hydrogen-bond donors (Lipinski definition) is 1. The van der Waals surface area contributed by atoms with E-state index in [4.69, 9.17) is 5.73 Å². The molecule has 0 saturated carbocycles. The molecule has 0 saturated heterocycles. The molecule has 5 nitrogen and oxygen atoms in total. The Morgan fingerprint density at radius 3 is 2.57 bits per heavy atom. The number of carbonyl (C=O) groups excluding carboxylic acids is 1. The van der Waals surface area contributed by atoms with Gasteiger partial charge in [-0.05, 0) is 38.4 Å². The Hall–Kier alpha value is -1.40. The first-order valence-electron chi connectivity index (χ1n) is 7.00. The lowest BCUT2D eigenvalue weighted by atomic mass is 9.98. The van der Waals surface area contributed by atoms with Crippen molar-refractivity contribution in [1.82, 2.24) is 0 Å². The summed E-state index contributed by atoms with van der Waals surface area (Å²) in [4.78, 5) is 14.3. The Labute approximate surface area is 126 Å². The van der Waals surface area contributed by atoms with E-state index in [1.807, 2.05) is 24.3 Å². The van der Waals surface area contributed by atoms with Crippen LogP contribution in [0.15, 0.2) is 24.3 Å². The summed E-state index contributed by atoms with van der Waals surface area (Å²) in [7, 11) is -3.49. The van der Waals surface area contributed by atoms with Gasteiger partial charge in [0.15, 0.2) is 9.84 Å². The van der Waals surface area contributed by atoms with Gasteiger partial charge < -0.3 is 10.6 Å². The summed E-state index contributed by atoms with van der Waals surface area (Å²) in [5.74, 6) is -0.206. The maximum absolute atomic E-state index is 12.7. The molecular formula is C15H22N2O3S. The van der Waals surface area contributed by atoms with E-state index in [1.165, 1.54) is 13.8 Å². The van der Waals surface area contributed by atoms with Crippen molar-refractivity contribution in [2.24, 2.45) is 5.73 Å². The summed E-state index contributed by atoms with van der Waals surface area (Å²) in [6.45, 7) is 3.96. The number of fused-ring (bicyclic) bond motifs is 1. The molecule has 0 fully saturated rings. The molecule has 21 heavy (non-hydrogen) atoms. The number of sulfone groups is 1.